The van der Waals surface area contributed by atoms with Gasteiger partial charge in [-0.2, -0.15) is 0 Å². The predicted molar refractivity (Wildman–Crippen MR) is 57.0 cm³/mol. The molecule has 0 bridgehead atoms. The molecule has 18 heavy (non-hydrogen) atoms. The lowest BCUT2D eigenvalue weighted by Crippen LogP contribution is -2.18. The normalized spacial score (nSPS) is 11.3. The van der Waals surface area contributed by atoms with Gasteiger partial charge < -0.3 is 10.5 Å². The van der Waals surface area contributed by atoms with E-state index in [9.17, 15) is 22.0 Å². The van der Waals surface area contributed by atoms with Crippen molar-refractivity contribution in [2.75, 3.05) is 6.61 Å². The lowest BCUT2D eigenvalue weighted by molar-refractivity contribution is -0.118. The van der Waals surface area contributed by atoms with Gasteiger partial charge in [-0.05, 0) is 6.07 Å². The van der Waals surface area contributed by atoms with E-state index < -0.39 is 38.2 Å². The van der Waals surface area contributed by atoms with Gasteiger partial charge in [-0.15, -0.1) is 0 Å². The van der Waals surface area contributed by atoms with Crippen molar-refractivity contribution in [3.05, 3.63) is 23.8 Å². The van der Waals surface area contributed by atoms with E-state index in [0.717, 1.165) is 0 Å². The van der Waals surface area contributed by atoms with Gasteiger partial charge in [0.15, 0.2) is 11.6 Å². The molecule has 0 radical (unpaired) electrons. The molecule has 1 aromatic carbocycles. The van der Waals surface area contributed by atoms with Gasteiger partial charge in [0.25, 0.3) is 0 Å². The van der Waals surface area contributed by atoms with Crippen LogP contribution in [0.3, 0.4) is 0 Å². The first-order valence-corrected chi connectivity index (χ1v) is 6.19. The minimum Gasteiger partial charge on any atom is -0.489 e. The number of hydrogen-bond acceptors (Lipinski definition) is 4. The smallest absolute Gasteiger partial charge is 0.241 e. The van der Waals surface area contributed by atoms with Gasteiger partial charge in [0.2, 0.25) is 15.9 Å². The fourth-order valence-corrected chi connectivity index (χ4v) is 1.83. The topological polar surface area (TPSA) is 112 Å². The van der Waals surface area contributed by atoms with Crippen molar-refractivity contribution in [2.45, 2.75) is 11.3 Å². The van der Waals surface area contributed by atoms with E-state index in [1.165, 1.54) is 0 Å². The molecule has 1 rings (SSSR count). The number of primary sulfonamides is 1. The Morgan fingerprint density at radius 2 is 1.94 bits per heavy atom. The Morgan fingerprint density at radius 3 is 2.44 bits per heavy atom. The van der Waals surface area contributed by atoms with Crippen LogP contribution in [0.25, 0.3) is 0 Å². The standard InChI is InChI=1S/C9H10F2N2O4S/c10-5-3-6(11)9(17-2-1-8(12)14)7(4-5)18(13,15)16/h3-4H,1-2H2,(H2,12,14)(H2,13,15,16). The van der Waals surface area contributed by atoms with E-state index in [1.807, 2.05) is 0 Å². The maximum Gasteiger partial charge on any atom is 0.241 e. The number of nitrogens with two attached hydrogens (primary N) is 2. The summed E-state index contributed by atoms with van der Waals surface area (Å²) in [5, 5.41) is 4.79. The van der Waals surface area contributed by atoms with Crippen molar-refractivity contribution >= 4 is 15.9 Å². The van der Waals surface area contributed by atoms with Gasteiger partial charge in [-0.1, -0.05) is 0 Å². The minimum atomic E-state index is -4.35. The lowest BCUT2D eigenvalue weighted by atomic mass is 10.3. The molecule has 0 saturated heterocycles. The molecule has 0 aliphatic carbocycles. The van der Waals surface area contributed by atoms with Crippen LogP contribution >= 0.6 is 0 Å². The van der Waals surface area contributed by atoms with Gasteiger partial charge in [0, 0.05) is 6.07 Å². The van der Waals surface area contributed by atoms with E-state index in [4.69, 9.17) is 15.6 Å². The highest BCUT2D eigenvalue weighted by Crippen LogP contribution is 2.27. The Labute approximate surface area is 102 Å². The van der Waals surface area contributed by atoms with Crippen LogP contribution in [0.4, 0.5) is 8.78 Å². The first-order valence-electron chi connectivity index (χ1n) is 4.64. The van der Waals surface area contributed by atoms with Crippen LogP contribution in [-0.2, 0) is 14.8 Å². The second-order valence-electron chi connectivity index (χ2n) is 3.32. The number of carbonyl (C=O) groups excluding carboxylic acids is 1. The van der Waals surface area contributed by atoms with Crippen LogP contribution in [0.2, 0.25) is 0 Å². The number of amides is 1. The molecule has 0 saturated carbocycles. The molecule has 0 aliphatic heterocycles. The maximum atomic E-state index is 13.4. The summed E-state index contributed by atoms with van der Waals surface area (Å²) in [4.78, 5) is 9.63. The molecule has 0 aliphatic rings. The molecule has 4 N–H and O–H groups in total. The van der Waals surface area contributed by atoms with E-state index >= 15 is 0 Å². The Morgan fingerprint density at radius 1 is 1.33 bits per heavy atom. The monoisotopic (exact) mass is 280 g/mol. The number of primary amides is 1. The summed E-state index contributed by atoms with van der Waals surface area (Å²) in [6.07, 6.45) is -0.249. The molecular weight excluding hydrogens is 270 g/mol. The third kappa shape index (κ3) is 3.64. The molecule has 0 unspecified atom stereocenters. The summed E-state index contributed by atoms with van der Waals surface area (Å²) in [5.74, 6) is -3.79. The molecule has 0 atom stereocenters. The van der Waals surface area contributed by atoms with Crippen LogP contribution in [0.1, 0.15) is 6.42 Å². The Hall–Kier alpha value is -1.74. The fourth-order valence-electron chi connectivity index (χ4n) is 1.14. The van der Waals surface area contributed by atoms with Crippen LogP contribution in [-0.4, -0.2) is 20.9 Å². The molecule has 0 fully saturated rings. The summed E-state index contributed by atoms with van der Waals surface area (Å²) in [7, 11) is -4.35. The van der Waals surface area contributed by atoms with Crippen molar-refractivity contribution in [1.29, 1.82) is 0 Å². The van der Waals surface area contributed by atoms with Gasteiger partial charge in [0.1, 0.15) is 10.7 Å². The molecule has 0 spiro atoms. The average molecular weight is 280 g/mol. The zero-order valence-electron chi connectivity index (χ0n) is 9.02. The van der Waals surface area contributed by atoms with Gasteiger partial charge in [-0.3, -0.25) is 4.79 Å². The highest BCUT2D eigenvalue weighted by Gasteiger charge is 2.21. The van der Waals surface area contributed by atoms with Crippen LogP contribution in [0.15, 0.2) is 17.0 Å². The van der Waals surface area contributed by atoms with Crippen LogP contribution in [0, 0.1) is 11.6 Å². The summed E-state index contributed by atoms with van der Waals surface area (Å²) in [5.41, 5.74) is 4.83. The first-order chi connectivity index (χ1) is 8.21. The average Bonchev–Trinajstić information content (AvgIpc) is 2.18. The second kappa shape index (κ2) is 5.27. The minimum absolute atomic E-state index is 0.249. The maximum absolute atomic E-state index is 13.4. The van der Waals surface area contributed by atoms with Gasteiger partial charge in [0.05, 0.1) is 13.0 Å². The zero-order chi connectivity index (χ0) is 13.9. The molecular formula is C9H10F2N2O4S. The number of sulfonamides is 1. The number of hydrogen-bond donors (Lipinski definition) is 2. The molecule has 0 aromatic heterocycles. The molecule has 100 valence electrons. The lowest BCUT2D eigenvalue weighted by Gasteiger charge is -2.10. The van der Waals surface area contributed by atoms with E-state index in [1.54, 1.807) is 0 Å². The Bertz CT molecular complexity index is 574. The third-order valence-corrected chi connectivity index (χ3v) is 2.79. The van der Waals surface area contributed by atoms with E-state index in [-0.39, 0.29) is 13.0 Å². The Kier molecular flexibility index (Phi) is 4.19. The second-order valence-corrected chi connectivity index (χ2v) is 4.85. The highest BCUT2D eigenvalue weighted by molar-refractivity contribution is 7.89. The number of halogens is 2. The molecule has 0 heterocycles. The van der Waals surface area contributed by atoms with E-state index in [0.29, 0.717) is 12.1 Å². The highest BCUT2D eigenvalue weighted by atomic mass is 32.2. The number of carbonyl (C=O) groups is 1. The zero-order valence-corrected chi connectivity index (χ0v) is 9.84. The SMILES string of the molecule is NC(=O)CCOc1c(F)cc(F)cc1S(N)(=O)=O. The number of ether oxygens (including phenoxy) is 1. The molecule has 9 heteroatoms. The number of rotatable bonds is 5. The fraction of sp³-hybridized carbons (Fsp3) is 0.222. The van der Waals surface area contributed by atoms with Gasteiger partial charge in [-0.25, -0.2) is 22.3 Å². The van der Waals surface area contributed by atoms with Crippen LogP contribution in [0.5, 0.6) is 5.75 Å². The van der Waals surface area contributed by atoms with Gasteiger partial charge >= 0.3 is 0 Å². The first kappa shape index (κ1) is 14.3. The quantitative estimate of drug-likeness (QED) is 0.782. The summed E-state index contributed by atoms with van der Waals surface area (Å²) in [6, 6.07) is 0.965. The molecule has 6 nitrogen and oxygen atoms in total. The van der Waals surface area contributed by atoms with Crippen molar-refractivity contribution in [3.63, 3.8) is 0 Å². The number of benzene rings is 1. The molecule has 1 aromatic rings. The van der Waals surface area contributed by atoms with Crippen LogP contribution < -0.4 is 15.6 Å². The molecule has 1 amide bonds. The largest absolute Gasteiger partial charge is 0.489 e. The van der Waals surface area contributed by atoms with Crippen molar-refractivity contribution in [2.24, 2.45) is 10.9 Å². The van der Waals surface area contributed by atoms with Crippen molar-refractivity contribution < 1.29 is 26.7 Å². The summed E-state index contributed by atoms with van der Waals surface area (Å²) in [6.45, 7) is -0.347. The summed E-state index contributed by atoms with van der Waals surface area (Å²) < 4.78 is 53.3. The van der Waals surface area contributed by atoms with E-state index in [2.05, 4.69) is 0 Å². The van der Waals surface area contributed by atoms with Crippen molar-refractivity contribution in [3.8, 4) is 5.75 Å². The summed E-state index contributed by atoms with van der Waals surface area (Å²) >= 11 is 0. The Balaban J connectivity index is 3.13. The predicted octanol–water partition coefficient (Wildman–Crippen LogP) is -0.134. The third-order valence-electron chi connectivity index (χ3n) is 1.88. The van der Waals surface area contributed by atoms with Crippen molar-refractivity contribution in [1.82, 2.24) is 0 Å².